The number of halogens is 1. The molecule has 0 radical (unpaired) electrons. The summed E-state index contributed by atoms with van der Waals surface area (Å²) in [6, 6.07) is 16.7. The Labute approximate surface area is 220 Å². The van der Waals surface area contributed by atoms with Crippen LogP contribution >= 0.6 is 22.9 Å². The van der Waals surface area contributed by atoms with Gasteiger partial charge < -0.3 is 24.4 Å². The summed E-state index contributed by atoms with van der Waals surface area (Å²) in [5.41, 5.74) is 1.26. The Bertz CT molecular complexity index is 1140. The Balaban J connectivity index is 1.68. The maximum atomic E-state index is 13.1. The zero-order valence-electron chi connectivity index (χ0n) is 20.9. The van der Waals surface area contributed by atoms with Crippen molar-refractivity contribution in [2.45, 2.75) is 39.5 Å². The van der Waals surface area contributed by atoms with Crippen molar-refractivity contribution in [1.82, 2.24) is 10.2 Å². The van der Waals surface area contributed by atoms with Gasteiger partial charge in [-0.2, -0.15) is 0 Å². The van der Waals surface area contributed by atoms with E-state index >= 15 is 0 Å². The Morgan fingerprint density at radius 1 is 1.03 bits per heavy atom. The number of nitrogens with one attached hydrogen (secondary N) is 1. The first-order valence-electron chi connectivity index (χ1n) is 11.5. The Kier molecular flexibility index (Phi) is 9.61. The van der Waals surface area contributed by atoms with E-state index in [1.54, 1.807) is 38.8 Å². The number of rotatable bonds is 10. The minimum atomic E-state index is -0.593. The van der Waals surface area contributed by atoms with E-state index in [9.17, 15) is 9.59 Å². The van der Waals surface area contributed by atoms with Crippen molar-refractivity contribution in [3.63, 3.8) is 0 Å². The van der Waals surface area contributed by atoms with Gasteiger partial charge in [-0.1, -0.05) is 35.9 Å². The van der Waals surface area contributed by atoms with Crippen LogP contribution in [0.15, 0.2) is 60.0 Å². The predicted octanol–water partition coefficient (Wildman–Crippen LogP) is 6.16. The van der Waals surface area contributed by atoms with Crippen molar-refractivity contribution in [3.8, 4) is 11.5 Å². The molecule has 3 aromatic rings. The SMILES string of the molecule is COc1cc(CN(CCNC(=O)OC(C)(C)C)C(=O)c2cccs2)ccc1OCc1ccc(Cl)cc1. The number of carbonyl (C=O) groups is 2. The molecular formula is C27H31ClN2O5S. The van der Waals surface area contributed by atoms with Crippen molar-refractivity contribution < 1.29 is 23.8 Å². The van der Waals surface area contributed by atoms with E-state index in [0.29, 0.717) is 41.1 Å². The third-order valence-electron chi connectivity index (χ3n) is 4.98. The summed E-state index contributed by atoms with van der Waals surface area (Å²) in [6.45, 7) is 6.67. The standard InChI is InChI=1S/C27H31ClN2O5S/c1-27(2,3)35-26(32)29-13-14-30(25(31)24-6-5-15-36-24)17-20-9-12-22(23(16-20)33-4)34-18-19-7-10-21(28)11-8-19/h5-12,15-16H,13-14,17-18H2,1-4H3,(H,29,32). The van der Waals surface area contributed by atoms with Crippen LogP contribution in [0.2, 0.25) is 5.02 Å². The highest BCUT2D eigenvalue weighted by Crippen LogP contribution is 2.30. The molecule has 0 unspecified atom stereocenters. The normalized spacial score (nSPS) is 11.0. The summed E-state index contributed by atoms with van der Waals surface area (Å²) in [5, 5.41) is 5.25. The van der Waals surface area contributed by atoms with Crippen LogP contribution in [0.5, 0.6) is 11.5 Å². The molecule has 36 heavy (non-hydrogen) atoms. The lowest BCUT2D eigenvalue weighted by Gasteiger charge is -2.24. The van der Waals surface area contributed by atoms with E-state index in [-0.39, 0.29) is 12.5 Å². The molecule has 2 aromatic carbocycles. The van der Waals surface area contributed by atoms with Gasteiger partial charge in [0.2, 0.25) is 0 Å². The maximum Gasteiger partial charge on any atom is 0.407 e. The average Bonchev–Trinajstić information content (AvgIpc) is 3.37. The van der Waals surface area contributed by atoms with Crippen LogP contribution in [0.3, 0.4) is 0 Å². The fraction of sp³-hybridized carbons (Fsp3) is 0.333. The number of thiophene rings is 1. The molecule has 7 nitrogen and oxygen atoms in total. The summed E-state index contributed by atoms with van der Waals surface area (Å²) in [7, 11) is 1.58. The van der Waals surface area contributed by atoms with Crippen LogP contribution in [0, 0.1) is 0 Å². The molecule has 0 saturated heterocycles. The smallest absolute Gasteiger partial charge is 0.407 e. The van der Waals surface area contributed by atoms with Crippen molar-refractivity contribution in [1.29, 1.82) is 0 Å². The van der Waals surface area contributed by atoms with Crippen LogP contribution in [0.25, 0.3) is 0 Å². The molecule has 0 bridgehead atoms. The molecule has 0 spiro atoms. The van der Waals surface area contributed by atoms with Crippen LogP contribution in [0.1, 0.15) is 41.6 Å². The average molecular weight is 531 g/mol. The number of hydrogen-bond acceptors (Lipinski definition) is 6. The summed E-state index contributed by atoms with van der Waals surface area (Å²) >= 11 is 7.32. The van der Waals surface area contributed by atoms with E-state index in [2.05, 4.69) is 5.32 Å². The van der Waals surface area contributed by atoms with E-state index in [4.69, 9.17) is 25.8 Å². The summed E-state index contributed by atoms with van der Waals surface area (Å²) in [6.07, 6.45) is -0.519. The largest absolute Gasteiger partial charge is 0.493 e. The van der Waals surface area contributed by atoms with Gasteiger partial charge in [0.25, 0.3) is 5.91 Å². The molecule has 0 fully saturated rings. The molecule has 1 aromatic heterocycles. The van der Waals surface area contributed by atoms with Gasteiger partial charge in [-0.3, -0.25) is 4.79 Å². The number of alkyl carbamates (subject to hydrolysis) is 1. The van der Waals surface area contributed by atoms with Gasteiger partial charge in [-0.25, -0.2) is 4.79 Å². The fourth-order valence-corrected chi connectivity index (χ4v) is 4.12. The molecule has 0 saturated carbocycles. The number of carbonyl (C=O) groups excluding carboxylic acids is 2. The molecule has 192 valence electrons. The molecule has 0 aliphatic rings. The number of nitrogens with zero attached hydrogens (tertiary/aromatic N) is 1. The fourth-order valence-electron chi connectivity index (χ4n) is 3.31. The highest BCUT2D eigenvalue weighted by molar-refractivity contribution is 7.12. The van der Waals surface area contributed by atoms with Crippen molar-refractivity contribution >= 4 is 34.9 Å². The Morgan fingerprint density at radius 3 is 2.39 bits per heavy atom. The second-order valence-electron chi connectivity index (χ2n) is 9.03. The van der Waals surface area contributed by atoms with Crippen molar-refractivity contribution in [2.75, 3.05) is 20.2 Å². The number of methoxy groups -OCH3 is 1. The van der Waals surface area contributed by atoms with E-state index in [0.717, 1.165) is 11.1 Å². The first-order valence-corrected chi connectivity index (χ1v) is 12.7. The van der Waals surface area contributed by atoms with Gasteiger partial charge >= 0.3 is 6.09 Å². The van der Waals surface area contributed by atoms with Crippen molar-refractivity contribution in [3.05, 3.63) is 81.0 Å². The van der Waals surface area contributed by atoms with Gasteiger partial charge in [0, 0.05) is 24.7 Å². The van der Waals surface area contributed by atoms with Crippen LogP contribution in [-0.4, -0.2) is 42.7 Å². The van der Waals surface area contributed by atoms with Gasteiger partial charge in [0.15, 0.2) is 11.5 Å². The Hall–Kier alpha value is -3.23. The van der Waals surface area contributed by atoms with E-state index in [1.165, 1.54) is 11.3 Å². The summed E-state index contributed by atoms with van der Waals surface area (Å²) in [4.78, 5) is 27.5. The zero-order chi connectivity index (χ0) is 26.1. The minimum absolute atomic E-state index is 0.113. The lowest BCUT2D eigenvalue weighted by molar-refractivity contribution is 0.0512. The van der Waals surface area contributed by atoms with E-state index < -0.39 is 11.7 Å². The van der Waals surface area contributed by atoms with E-state index in [1.807, 2.05) is 53.9 Å². The monoisotopic (exact) mass is 530 g/mol. The third kappa shape index (κ3) is 8.46. The molecule has 3 rings (SSSR count). The van der Waals surface area contributed by atoms with Crippen LogP contribution in [-0.2, 0) is 17.9 Å². The number of ether oxygens (including phenoxy) is 3. The molecular weight excluding hydrogens is 500 g/mol. The van der Waals surface area contributed by atoms with Gasteiger partial charge in [0.05, 0.1) is 12.0 Å². The lowest BCUT2D eigenvalue weighted by Crippen LogP contribution is -2.39. The molecule has 9 heteroatoms. The molecule has 0 atom stereocenters. The highest BCUT2D eigenvalue weighted by atomic mass is 35.5. The first-order chi connectivity index (χ1) is 17.1. The lowest BCUT2D eigenvalue weighted by atomic mass is 10.1. The maximum absolute atomic E-state index is 13.1. The number of amides is 2. The third-order valence-corrected chi connectivity index (χ3v) is 6.09. The molecule has 1 N–H and O–H groups in total. The van der Waals surface area contributed by atoms with Gasteiger partial charge in [-0.05, 0) is 67.6 Å². The van der Waals surface area contributed by atoms with Gasteiger partial charge in [0.1, 0.15) is 12.2 Å². The van der Waals surface area contributed by atoms with Crippen LogP contribution < -0.4 is 14.8 Å². The molecule has 2 amide bonds. The molecule has 0 aliphatic heterocycles. The minimum Gasteiger partial charge on any atom is -0.493 e. The first kappa shape index (κ1) is 27.4. The van der Waals surface area contributed by atoms with Crippen LogP contribution in [0.4, 0.5) is 4.79 Å². The molecule has 0 aliphatic carbocycles. The summed E-state index contributed by atoms with van der Waals surface area (Å²) < 4.78 is 16.8. The summed E-state index contributed by atoms with van der Waals surface area (Å²) in [5.74, 6) is 1.05. The highest BCUT2D eigenvalue weighted by Gasteiger charge is 2.20. The second kappa shape index (κ2) is 12.6. The number of hydrogen-bond donors (Lipinski definition) is 1. The molecule has 1 heterocycles. The topological polar surface area (TPSA) is 77.1 Å². The predicted molar refractivity (Wildman–Crippen MR) is 142 cm³/mol. The van der Waals surface area contributed by atoms with Gasteiger partial charge in [-0.15, -0.1) is 11.3 Å². The second-order valence-corrected chi connectivity index (χ2v) is 10.4. The number of benzene rings is 2. The quantitative estimate of drug-likeness (QED) is 0.340. The zero-order valence-corrected chi connectivity index (χ0v) is 22.4. The van der Waals surface area contributed by atoms with Crippen molar-refractivity contribution in [2.24, 2.45) is 0 Å². The Morgan fingerprint density at radius 2 is 1.75 bits per heavy atom.